The second-order valence-electron chi connectivity index (χ2n) is 8.55. The Kier molecular flexibility index (Phi) is 4.75. The van der Waals surface area contributed by atoms with Crippen molar-refractivity contribution in [2.24, 2.45) is 0 Å². The van der Waals surface area contributed by atoms with Crippen LogP contribution in [0.2, 0.25) is 0 Å². The maximum Gasteiger partial charge on any atom is 0.344 e. The van der Waals surface area contributed by atoms with E-state index >= 15 is 0 Å². The maximum absolute atomic E-state index is 13.5. The highest BCUT2D eigenvalue weighted by Gasteiger charge is 2.37. The predicted octanol–water partition coefficient (Wildman–Crippen LogP) is 4.98. The third-order valence-corrected chi connectivity index (χ3v) is 6.38. The Bertz CT molecular complexity index is 1850. The number of para-hydroxylation sites is 1. The second-order valence-corrected chi connectivity index (χ2v) is 8.55. The molecule has 0 N–H and O–H groups in total. The van der Waals surface area contributed by atoms with Crippen LogP contribution in [0.1, 0.15) is 29.5 Å². The lowest BCUT2D eigenvalue weighted by Crippen LogP contribution is -2.22. The monoisotopic (exact) mass is 489 g/mol. The Labute approximate surface area is 210 Å². The van der Waals surface area contributed by atoms with E-state index in [9.17, 15) is 4.79 Å². The molecule has 0 amide bonds. The van der Waals surface area contributed by atoms with Crippen LogP contribution >= 0.6 is 0 Å². The van der Waals surface area contributed by atoms with Crippen LogP contribution in [0, 0.1) is 0 Å². The average molecular weight is 489 g/mol. The van der Waals surface area contributed by atoms with Crippen LogP contribution in [-0.4, -0.2) is 31.2 Å². The maximum atomic E-state index is 13.5. The molecule has 0 spiro atoms. The van der Waals surface area contributed by atoms with Crippen molar-refractivity contribution in [3.05, 3.63) is 106 Å². The zero-order valence-electron chi connectivity index (χ0n) is 19.7. The summed E-state index contributed by atoms with van der Waals surface area (Å²) in [7, 11) is 0. The molecule has 7 rings (SSSR count). The van der Waals surface area contributed by atoms with E-state index in [1.54, 1.807) is 23.1 Å². The van der Waals surface area contributed by atoms with E-state index in [1.165, 1.54) is 0 Å². The number of hydrogen-bond acceptors (Lipinski definition) is 8. The molecule has 6 aromatic rings. The number of aromatic nitrogens is 5. The van der Waals surface area contributed by atoms with Gasteiger partial charge in [-0.15, -0.1) is 5.10 Å². The molecule has 0 radical (unpaired) electrons. The molecule has 180 valence electrons. The van der Waals surface area contributed by atoms with Gasteiger partial charge in [0.2, 0.25) is 11.7 Å². The van der Waals surface area contributed by atoms with Crippen molar-refractivity contribution < 1.29 is 13.9 Å². The van der Waals surface area contributed by atoms with Gasteiger partial charge in [-0.3, -0.25) is 4.98 Å². The Morgan fingerprint density at radius 2 is 1.81 bits per heavy atom. The summed E-state index contributed by atoms with van der Waals surface area (Å²) in [6, 6.07) is 20.5. The zero-order valence-corrected chi connectivity index (χ0v) is 19.7. The van der Waals surface area contributed by atoms with Gasteiger partial charge in [0.25, 0.3) is 0 Å². The van der Waals surface area contributed by atoms with Crippen LogP contribution in [-0.2, 0) is 0 Å². The molecule has 1 aliphatic heterocycles. The summed E-state index contributed by atoms with van der Waals surface area (Å²) in [5.41, 5.74) is 2.95. The first-order valence-corrected chi connectivity index (χ1v) is 11.8. The lowest BCUT2D eigenvalue weighted by atomic mass is 9.84. The number of rotatable bonds is 4. The summed E-state index contributed by atoms with van der Waals surface area (Å²) in [4.78, 5) is 27.2. The van der Waals surface area contributed by atoms with Crippen molar-refractivity contribution in [3.8, 4) is 28.9 Å². The number of pyridine rings is 1. The van der Waals surface area contributed by atoms with Crippen LogP contribution in [0.5, 0.6) is 17.4 Å². The van der Waals surface area contributed by atoms with Gasteiger partial charge in [-0.05, 0) is 48.9 Å². The van der Waals surface area contributed by atoms with Gasteiger partial charge >= 0.3 is 5.63 Å². The molecule has 0 bridgehead atoms. The molecule has 5 heterocycles. The highest BCUT2D eigenvalue weighted by atomic mass is 16.5. The first-order chi connectivity index (χ1) is 18.2. The van der Waals surface area contributed by atoms with Gasteiger partial charge in [-0.1, -0.05) is 30.3 Å². The van der Waals surface area contributed by atoms with Crippen LogP contribution in [0.25, 0.3) is 28.1 Å². The molecule has 9 nitrogen and oxygen atoms in total. The lowest BCUT2D eigenvalue weighted by molar-refractivity contribution is 0.340. The summed E-state index contributed by atoms with van der Waals surface area (Å²) >= 11 is 0. The van der Waals surface area contributed by atoms with Crippen LogP contribution < -0.4 is 15.1 Å². The quantitative estimate of drug-likeness (QED) is 0.319. The minimum Gasteiger partial charge on any atom is -0.494 e. The molecular formula is C28H19N5O4. The smallest absolute Gasteiger partial charge is 0.344 e. The minimum atomic E-state index is -0.563. The van der Waals surface area contributed by atoms with Gasteiger partial charge < -0.3 is 13.9 Å². The third-order valence-electron chi connectivity index (χ3n) is 6.38. The molecular weight excluding hydrogens is 470 g/mol. The Morgan fingerprint density at radius 1 is 0.973 bits per heavy atom. The fraction of sp³-hybridized carbons (Fsp3) is 0.107. The van der Waals surface area contributed by atoms with E-state index in [0.29, 0.717) is 57.5 Å². The van der Waals surface area contributed by atoms with Crippen molar-refractivity contribution >= 4 is 16.6 Å². The first kappa shape index (κ1) is 21.3. The van der Waals surface area contributed by atoms with Gasteiger partial charge in [0.05, 0.1) is 29.0 Å². The Hall–Kier alpha value is -5.05. The van der Waals surface area contributed by atoms with Crippen LogP contribution in [0.3, 0.4) is 0 Å². The largest absolute Gasteiger partial charge is 0.494 e. The molecule has 0 saturated heterocycles. The Balaban J connectivity index is 1.52. The first-order valence-electron chi connectivity index (χ1n) is 11.8. The average Bonchev–Trinajstić information content (AvgIpc) is 3.38. The van der Waals surface area contributed by atoms with Crippen LogP contribution in [0.15, 0.2) is 88.5 Å². The molecule has 0 fully saturated rings. The lowest BCUT2D eigenvalue weighted by Gasteiger charge is -2.27. The molecule has 1 unspecified atom stereocenters. The third kappa shape index (κ3) is 3.35. The molecule has 1 aliphatic rings. The number of nitrogens with zero attached hydrogens (tertiary/aromatic N) is 5. The Morgan fingerprint density at radius 3 is 2.62 bits per heavy atom. The summed E-state index contributed by atoms with van der Waals surface area (Å²) in [6.07, 6.45) is 3.24. The zero-order chi connectivity index (χ0) is 24.9. The molecule has 1 atom stereocenters. The predicted molar refractivity (Wildman–Crippen MR) is 135 cm³/mol. The van der Waals surface area contributed by atoms with Gasteiger partial charge in [-0.2, -0.15) is 0 Å². The van der Waals surface area contributed by atoms with E-state index in [2.05, 4.69) is 15.1 Å². The van der Waals surface area contributed by atoms with E-state index in [1.807, 2.05) is 67.6 Å². The van der Waals surface area contributed by atoms with Gasteiger partial charge in [-0.25, -0.2) is 19.3 Å². The van der Waals surface area contributed by atoms with Crippen molar-refractivity contribution in [3.63, 3.8) is 0 Å². The van der Waals surface area contributed by atoms with E-state index in [-0.39, 0.29) is 0 Å². The van der Waals surface area contributed by atoms with Crippen molar-refractivity contribution in [2.45, 2.75) is 12.8 Å². The summed E-state index contributed by atoms with van der Waals surface area (Å²) < 4.78 is 19.3. The number of fused-ring (bicyclic) bond motifs is 6. The standard InChI is InChI=1S/C28H19N5O4/c1-2-35-17-12-10-16(11-13-17)21-22-24(18-7-3-4-9-20(18)36-28(22)34)37-27-23(21)26-31-25(32-33(26)15-30-27)19-8-5-6-14-29-19/h3-15,21H,2H2,1H3. The highest BCUT2D eigenvalue weighted by molar-refractivity contribution is 5.86. The molecule has 0 saturated carbocycles. The molecule has 0 aliphatic carbocycles. The summed E-state index contributed by atoms with van der Waals surface area (Å²) in [5.74, 6) is 1.40. The molecule has 4 aromatic heterocycles. The SMILES string of the molecule is CCOc1ccc(C2c3c(c4ccccc4oc3=O)Oc3ncn4nc(-c5ccccn5)nc4c32)cc1. The van der Waals surface area contributed by atoms with Crippen molar-refractivity contribution in [1.82, 2.24) is 24.6 Å². The topological polar surface area (TPSA) is 105 Å². The fourth-order valence-electron chi connectivity index (χ4n) is 4.79. The number of benzene rings is 2. The van der Waals surface area contributed by atoms with Gasteiger partial charge in [0.1, 0.15) is 23.4 Å². The van der Waals surface area contributed by atoms with Crippen molar-refractivity contribution in [2.75, 3.05) is 6.61 Å². The second kappa shape index (κ2) is 8.27. The molecule has 2 aromatic carbocycles. The molecule has 37 heavy (non-hydrogen) atoms. The normalized spacial score (nSPS) is 14.2. The highest BCUT2D eigenvalue weighted by Crippen LogP contribution is 2.48. The minimum absolute atomic E-state index is 0.356. The molecule has 9 heteroatoms. The summed E-state index contributed by atoms with van der Waals surface area (Å²) in [5, 5.41) is 5.28. The van der Waals surface area contributed by atoms with E-state index in [4.69, 9.17) is 18.9 Å². The number of hydrogen-bond donors (Lipinski definition) is 0. The van der Waals surface area contributed by atoms with Gasteiger partial charge in [0, 0.05) is 6.20 Å². The van der Waals surface area contributed by atoms with E-state index in [0.717, 1.165) is 11.3 Å². The van der Waals surface area contributed by atoms with Crippen molar-refractivity contribution in [1.29, 1.82) is 0 Å². The van der Waals surface area contributed by atoms with Crippen LogP contribution in [0.4, 0.5) is 0 Å². The number of ether oxygens (including phenoxy) is 2. The van der Waals surface area contributed by atoms with Gasteiger partial charge in [0.15, 0.2) is 11.4 Å². The summed E-state index contributed by atoms with van der Waals surface area (Å²) in [6.45, 7) is 2.49. The fourth-order valence-corrected chi connectivity index (χ4v) is 4.79. The van der Waals surface area contributed by atoms with E-state index < -0.39 is 11.5 Å².